The van der Waals surface area contributed by atoms with Crippen molar-refractivity contribution in [1.82, 2.24) is 0 Å². The summed E-state index contributed by atoms with van der Waals surface area (Å²) in [7, 11) is 0. The standard InChI is InChI=1S/C49H42O10/c1-3-5-13-29-27-31(58-41-21-11-17-35(45(50)51)43(41)47(54)55)23-25-37(29)49(39-19-9-7-15-33(39)34-16-8-10-20-40(34)49)38-26-24-32(28-30(38)14-6-4-2)59-42-22-12-18-36(46(52)53)44(42)48(56)57/h7-12,15-28H,3-6,13-14H2,1-2H3,(H,50,51)(H,52,53)(H,54,55)(H,56,57). The Hall–Kier alpha value is -7.20. The predicted octanol–water partition coefficient (Wildman–Crippen LogP) is 11.1. The molecule has 0 amide bonds. The van der Waals surface area contributed by atoms with Gasteiger partial charge in [-0.25, -0.2) is 19.2 Å². The van der Waals surface area contributed by atoms with Crippen molar-refractivity contribution in [3.05, 3.63) is 177 Å². The highest BCUT2D eigenvalue weighted by atomic mass is 16.5. The summed E-state index contributed by atoms with van der Waals surface area (Å²) >= 11 is 0. The minimum Gasteiger partial charge on any atom is -0.478 e. The van der Waals surface area contributed by atoms with Gasteiger partial charge in [-0.05, 0) is 119 Å². The average molecular weight is 791 g/mol. The molecule has 0 atom stereocenters. The van der Waals surface area contributed by atoms with Gasteiger partial charge >= 0.3 is 23.9 Å². The monoisotopic (exact) mass is 790 g/mol. The summed E-state index contributed by atoms with van der Waals surface area (Å²) in [6, 6.07) is 36.3. The average Bonchev–Trinajstić information content (AvgIpc) is 3.52. The molecule has 6 aromatic rings. The van der Waals surface area contributed by atoms with Gasteiger partial charge in [-0.15, -0.1) is 0 Å². The van der Waals surface area contributed by atoms with E-state index >= 15 is 0 Å². The maximum absolute atomic E-state index is 12.3. The molecule has 0 aliphatic heterocycles. The molecule has 0 heterocycles. The predicted molar refractivity (Wildman–Crippen MR) is 222 cm³/mol. The van der Waals surface area contributed by atoms with Crippen LogP contribution in [0.3, 0.4) is 0 Å². The second-order valence-electron chi connectivity index (χ2n) is 14.5. The van der Waals surface area contributed by atoms with Crippen molar-refractivity contribution in [2.45, 2.75) is 57.8 Å². The van der Waals surface area contributed by atoms with Crippen LogP contribution in [-0.2, 0) is 18.3 Å². The number of benzene rings is 6. The van der Waals surface area contributed by atoms with Crippen LogP contribution >= 0.6 is 0 Å². The van der Waals surface area contributed by atoms with Crippen LogP contribution in [0.25, 0.3) is 11.1 Å². The minimum absolute atomic E-state index is 0.0877. The summed E-state index contributed by atoms with van der Waals surface area (Å²) < 4.78 is 12.5. The molecule has 1 aliphatic rings. The van der Waals surface area contributed by atoms with Gasteiger partial charge in [-0.1, -0.05) is 99.5 Å². The number of carboxylic acids is 4. The van der Waals surface area contributed by atoms with E-state index in [-0.39, 0.29) is 22.6 Å². The molecule has 0 radical (unpaired) electrons. The van der Waals surface area contributed by atoms with Crippen molar-refractivity contribution in [3.63, 3.8) is 0 Å². The number of unbranched alkanes of at least 4 members (excludes halogenated alkanes) is 2. The zero-order valence-electron chi connectivity index (χ0n) is 32.5. The van der Waals surface area contributed by atoms with E-state index in [1.807, 2.05) is 48.5 Å². The summed E-state index contributed by atoms with van der Waals surface area (Å²) in [5.41, 5.74) is 5.64. The first-order valence-electron chi connectivity index (χ1n) is 19.5. The summed E-state index contributed by atoms with van der Waals surface area (Å²) in [4.78, 5) is 48.6. The van der Waals surface area contributed by atoms with Crippen LogP contribution in [0.2, 0.25) is 0 Å². The number of aromatic carboxylic acids is 4. The number of ether oxygens (including phenoxy) is 2. The summed E-state index contributed by atoms with van der Waals surface area (Å²) in [6.45, 7) is 4.21. The van der Waals surface area contributed by atoms with E-state index in [2.05, 4.69) is 38.1 Å². The van der Waals surface area contributed by atoms with Crippen LogP contribution in [0.4, 0.5) is 0 Å². The number of fused-ring (bicyclic) bond motifs is 3. The zero-order chi connectivity index (χ0) is 41.8. The van der Waals surface area contributed by atoms with Gasteiger partial charge in [0.25, 0.3) is 0 Å². The Bertz CT molecular complexity index is 2440. The van der Waals surface area contributed by atoms with Crippen LogP contribution < -0.4 is 9.47 Å². The topological polar surface area (TPSA) is 168 Å². The third kappa shape index (κ3) is 7.29. The van der Waals surface area contributed by atoms with Crippen molar-refractivity contribution >= 4 is 23.9 Å². The van der Waals surface area contributed by atoms with E-state index in [4.69, 9.17) is 9.47 Å². The van der Waals surface area contributed by atoms with Gasteiger partial charge in [0.15, 0.2) is 0 Å². The summed E-state index contributed by atoms with van der Waals surface area (Å²) in [5, 5.41) is 39.6. The first-order valence-corrected chi connectivity index (χ1v) is 19.5. The Labute approximate surface area is 341 Å². The zero-order valence-corrected chi connectivity index (χ0v) is 32.5. The van der Waals surface area contributed by atoms with Crippen molar-refractivity contribution in [1.29, 1.82) is 0 Å². The molecule has 0 spiro atoms. The Morgan fingerprint density at radius 1 is 0.475 bits per heavy atom. The molecule has 0 saturated carbocycles. The second-order valence-corrected chi connectivity index (χ2v) is 14.5. The lowest BCUT2D eigenvalue weighted by Crippen LogP contribution is -2.31. The molecular formula is C49H42O10. The molecular weight excluding hydrogens is 749 g/mol. The highest BCUT2D eigenvalue weighted by molar-refractivity contribution is 6.04. The molecule has 59 heavy (non-hydrogen) atoms. The van der Waals surface area contributed by atoms with Crippen LogP contribution in [0.15, 0.2) is 121 Å². The molecule has 10 heteroatoms. The van der Waals surface area contributed by atoms with Gasteiger partial charge in [0.2, 0.25) is 0 Å². The van der Waals surface area contributed by atoms with E-state index in [9.17, 15) is 39.6 Å². The molecule has 7 rings (SSSR count). The van der Waals surface area contributed by atoms with Gasteiger partial charge in [0.05, 0.1) is 16.5 Å². The minimum atomic E-state index is -1.42. The molecule has 6 aromatic carbocycles. The molecule has 0 saturated heterocycles. The lowest BCUT2D eigenvalue weighted by atomic mass is 9.64. The molecule has 10 nitrogen and oxygen atoms in total. The summed E-state index contributed by atoms with van der Waals surface area (Å²) in [5.74, 6) is -5.05. The molecule has 0 aromatic heterocycles. The number of hydrogen-bond donors (Lipinski definition) is 4. The normalized spacial score (nSPS) is 12.3. The number of carboxylic acid groups (broad SMARTS) is 4. The van der Waals surface area contributed by atoms with Gasteiger partial charge < -0.3 is 29.9 Å². The number of rotatable bonds is 16. The maximum Gasteiger partial charge on any atom is 0.340 e. The van der Waals surface area contributed by atoms with E-state index < -0.39 is 40.4 Å². The largest absolute Gasteiger partial charge is 0.478 e. The Morgan fingerprint density at radius 3 is 1.25 bits per heavy atom. The van der Waals surface area contributed by atoms with Crippen molar-refractivity contribution in [2.24, 2.45) is 0 Å². The fourth-order valence-electron chi connectivity index (χ4n) is 8.39. The summed E-state index contributed by atoms with van der Waals surface area (Å²) in [6.07, 6.45) is 4.76. The van der Waals surface area contributed by atoms with Crippen molar-refractivity contribution in [3.8, 4) is 34.1 Å². The number of hydrogen-bond acceptors (Lipinski definition) is 6. The van der Waals surface area contributed by atoms with Gasteiger partial charge in [0, 0.05) is 0 Å². The Kier molecular flexibility index (Phi) is 11.3. The van der Waals surface area contributed by atoms with Gasteiger partial charge in [-0.2, -0.15) is 0 Å². The SMILES string of the molecule is CCCCc1cc(Oc2cccc(C(=O)O)c2C(=O)O)ccc1C1(c2ccc(Oc3cccc(C(=O)O)c3C(=O)O)cc2CCCC)c2ccccc2-c2ccccc21. The molecule has 0 fully saturated rings. The van der Waals surface area contributed by atoms with Crippen molar-refractivity contribution < 1.29 is 49.1 Å². The first kappa shape index (κ1) is 40.0. The maximum atomic E-state index is 12.3. The first-order chi connectivity index (χ1) is 28.5. The van der Waals surface area contributed by atoms with Crippen LogP contribution in [0.1, 0.15) is 114 Å². The molecule has 4 N–H and O–H groups in total. The second kappa shape index (κ2) is 16.7. The highest BCUT2D eigenvalue weighted by Crippen LogP contribution is 2.58. The number of carbonyl (C=O) groups is 4. The van der Waals surface area contributed by atoms with Crippen LogP contribution in [0.5, 0.6) is 23.0 Å². The van der Waals surface area contributed by atoms with E-state index in [0.717, 1.165) is 70.2 Å². The third-order valence-corrected chi connectivity index (χ3v) is 10.9. The fourth-order valence-corrected chi connectivity index (χ4v) is 8.39. The lowest BCUT2D eigenvalue weighted by Gasteiger charge is -2.37. The Morgan fingerprint density at radius 2 is 0.881 bits per heavy atom. The van der Waals surface area contributed by atoms with E-state index in [1.165, 1.54) is 36.4 Å². The molecule has 0 bridgehead atoms. The van der Waals surface area contributed by atoms with Gasteiger partial charge in [-0.3, -0.25) is 0 Å². The van der Waals surface area contributed by atoms with Crippen molar-refractivity contribution in [2.75, 3.05) is 0 Å². The van der Waals surface area contributed by atoms with E-state index in [1.54, 1.807) is 12.1 Å². The lowest BCUT2D eigenvalue weighted by molar-refractivity contribution is 0.0649. The van der Waals surface area contributed by atoms with Crippen LogP contribution in [0, 0.1) is 0 Å². The highest BCUT2D eigenvalue weighted by Gasteiger charge is 2.48. The quantitative estimate of drug-likeness (QED) is 0.0739. The third-order valence-electron chi connectivity index (χ3n) is 10.9. The Balaban J connectivity index is 1.47. The molecule has 1 aliphatic carbocycles. The smallest absolute Gasteiger partial charge is 0.340 e. The number of aryl methyl sites for hydroxylation is 2. The van der Waals surface area contributed by atoms with E-state index in [0.29, 0.717) is 24.3 Å². The van der Waals surface area contributed by atoms with Gasteiger partial charge in [0.1, 0.15) is 34.1 Å². The fraction of sp³-hybridized carbons (Fsp3) is 0.184. The van der Waals surface area contributed by atoms with Crippen LogP contribution in [-0.4, -0.2) is 44.3 Å². The molecule has 0 unspecified atom stereocenters. The molecule has 298 valence electrons.